The van der Waals surface area contributed by atoms with Gasteiger partial charge < -0.3 is 14.4 Å². The van der Waals surface area contributed by atoms with E-state index in [1.807, 2.05) is 29.2 Å². The van der Waals surface area contributed by atoms with Gasteiger partial charge in [0.25, 0.3) is 5.91 Å². The Kier molecular flexibility index (Phi) is 5.43. The predicted octanol–water partition coefficient (Wildman–Crippen LogP) is 3.30. The Bertz CT molecular complexity index is 778. The van der Waals surface area contributed by atoms with Crippen molar-refractivity contribution in [3.63, 3.8) is 0 Å². The van der Waals surface area contributed by atoms with Crippen LogP contribution in [0.25, 0.3) is 5.69 Å². The third-order valence-corrected chi connectivity index (χ3v) is 5.60. The molecule has 1 saturated heterocycles. The number of carbonyl (C=O) groups is 1. The molecule has 1 atom stereocenters. The van der Waals surface area contributed by atoms with E-state index >= 15 is 0 Å². The predicted molar refractivity (Wildman–Crippen MR) is 102 cm³/mol. The number of para-hydroxylation sites is 2. The molecule has 0 N–H and O–H groups in total. The van der Waals surface area contributed by atoms with Gasteiger partial charge in [0.05, 0.1) is 25.0 Å². The topological polar surface area (TPSA) is 56.6 Å². The Morgan fingerprint density at radius 3 is 2.81 bits per heavy atom. The smallest absolute Gasteiger partial charge is 0.257 e. The number of hydrogen-bond acceptors (Lipinski definition) is 4. The number of methoxy groups -OCH3 is 1. The van der Waals surface area contributed by atoms with Crippen molar-refractivity contribution < 1.29 is 14.3 Å². The summed E-state index contributed by atoms with van der Waals surface area (Å²) in [6.07, 6.45) is 9.45. The molecule has 2 fully saturated rings. The lowest BCUT2D eigenvalue weighted by molar-refractivity contribution is 0.0448. The van der Waals surface area contributed by atoms with Crippen LogP contribution in [0.15, 0.2) is 36.7 Å². The molecular weight excluding hydrogens is 342 g/mol. The van der Waals surface area contributed by atoms with Crippen LogP contribution in [0.5, 0.6) is 5.75 Å². The number of benzene rings is 1. The number of carbonyl (C=O) groups excluding carboxylic acids is 1. The quantitative estimate of drug-likeness (QED) is 0.751. The maximum Gasteiger partial charge on any atom is 0.257 e. The van der Waals surface area contributed by atoms with Crippen LogP contribution in [-0.4, -0.2) is 53.5 Å². The summed E-state index contributed by atoms with van der Waals surface area (Å²) in [5.74, 6) is 1.39. The number of amides is 1. The van der Waals surface area contributed by atoms with Gasteiger partial charge in [0.15, 0.2) is 0 Å². The van der Waals surface area contributed by atoms with Gasteiger partial charge in [-0.05, 0) is 43.7 Å². The summed E-state index contributed by atoms with van der Waals surface area (Å²) < 4.78 is 12.9. The number of rotatable bonds is 7. The minimum atomic E-state index is 0.0403. The third kappa shape index (κ3) is 4.00. The van der Waals surface area contributed by atoms with Crippen molar-refractivity contribution in [2.24, 2.45) is 5.92 Å². The van der Waals surface area contributed by atoms with E-state index in [1.165, 1.54) is 19.3 Å². The highest BCUT2D eigenvalue weighted by Gasteiger charge is 2.28. The van der Waals surface area contributed by atoms with Gasteiger partial charge >= 0.3 is 0 Å². The van der Waals surface area contributed by atoms with Crippen LogP contribution in [0.1, 0.15) is 42.5 Å². The highest BCUT2D eigenvalue weighted by Crippen LogP contribution is 2.28. The van der Waals surface area contributed by atoms with Crippen molar-refractivity contribution in [3.05, 3.63) is 42.2 Å². The molecule has 1 saturated carbocycles. The summed E-state index contributed by atoms with van der Waals surface area (Å²) in [5.41, 5.74) is 1.43. The summed E-state index contributed by atoms with van der Waals surface area (Å²) in [6.45, 7) is 2.30. The summed E-state index contributed by atoms with van der Waals surface area (Å²) in [7, 11) is 1.64. The lowest BCUT2D eigenvalue weighted by Crippen LogP contribution is -2.41. The Morgan fingerprint density at radius 1 is 1.26 bits per heavy atom. The van der Waals surface area contributed by atoms with Crippen molar-refractivity contribution in [3.8, 4) is 11.4 Å². The Hall–Kier alpha value is -2.34. The fourth-order valence-corrected chi connectivity index (χ4v) is 3.83. The zero-order valence-corrected chi connectivity index (χ0v) is 15.8. The molecule has 27 heavy (non-hydrogen) atoms. The minimum absolute atomic E-state index is 0.0403. The van der Waals surface area contributed by atoms with E-state index in [-0.39, 0.29) is 12.0 Å². The normalized spacial score (nSPS) is 19.7. The van der Waals surface area contributed by atoms with Gasteiger partial charge in [-0.25, -0.2) is 4.68 Å². The molecule has 6 nitrogen and oxygen atoms in total. The number of ether oxygens (including phenoxy) is 2. The Morgan fingerprint density at radius 2 is 2.11 bits per heavy atom. The molecule has 2 heterocycles. The van der Waals surface area contributed by atoms with E-state index in [0.717, 1.165) is 37.4 Å². The number of aromatic nitrogens is 2. The SMILES string of the molecule is COc1ccccc1-n1cc(C(=O)N(CC2CCC2)C[C@@H]2CCCO2)cn1. The van der Waals surface area contributed by atoms with Crippen molar-refractivity contribution in [1.82, 2.24) is 14.7 Å². The molecule has 2 aromatic rings. The molecular formula is C21H27N3O3. The zero-order chi connectivity index (χ0) is 18.6. The van der Waals surface area contributed by atoms with Crippen LogP contribution in [0.3, 0.4) is 0 Å². The first-order valence-corrected chi connectivity index (χ1v) is 9.83. The molecule has 6 heteroatoms. The van der Waals surface area contributed by atoms with Crippen molar-refractivity contribution in [1.29, 1.82) is 0 Å². The van der Waals surface area contributed by atoms with Crippen LogP contribution in [0.4, 0.5) is 0 Å². The van der Waals surface area contributed by atoms with E-state index in [4.69, 9.17) is 9.47 Å². The highest BCUT2D eigenvalue weighted by molar-refractivity contribution is 5.94. The third-order valence-electron chi connectivity index (χ3n) is 5.60. The molecule has 4 rings (SSSR count). The van der Waals surface area contributed by atoms with Gasteiger partial charge in [0.1, 0.15) is 11.4 Å². The molecule has 0 radical (unpaired) electrons. The summed E-state index contributed by atoms with van der Waals surface area (Å²) in [6, 6.07) is 7.67. The van der Waals surface area contributed by atoms with Gasteiger partial charge in [0.2, 0.25) is 0 Å². The second kappa shape index (κ2) is 8.13. The standard InChI is InChI=1S/C21H27N3O3/c1-26-20-10-3-2-9-19(20)24-14-17(12-22-24)21(25)23(13-16-6-4-7-16)15-18-8-5-11-27-18/h2-3,9-10,12,14,16,18H,4-8,11,13,15H2,1H3/t18-/m0/s1. The molecule has 0 bridgehead atoms. The van der Waals surface area contributed by atoms with Gasteiger partial charge in [-0.2, -0.15) is 5.10 Å². The average Bonchev–Trinajstić information content (AvgIpc) is 3.35. The van der Waals surface area contributed by atoms with Crippen molar-refractivity contribution in [2.75, 3.05) is 26.8 Å². The maximum absolute atomic E-state index is 13.2. The molecule has 1 amide bonds. The van der Waals surface area contributed by atoms with E-state index in [9.17, 15) is 4.79 Å². The fraction of sp³-hybridized carbons (Fsp3) is 0.524. The van der Waals surface area contributed by atoms with E-state index in [0.29, 0.717) is 18.0 Å². The average molecular weight is 369 g/mol. The monoisotopic (exact) mass is 369 g/mol. The van der Waals surface area contributed by atoms with Crippen LogP contribution in [-0.2, 0) is 4.74 Å². The summed E-state index contributed by atoms with van der Waals surface area (Å²) >= 11 is 0. The first kappa shape index (κ1) is 18.0. The van der Waals surface area contributed by atoms with Crippen LogP contribution < -0.4 is 4.74 Å². The summed E-state index contributed by atoms with van der Waals surface area (Å²) in [4.78, 5) is 15.2. The Balaban J connectivity index is 1.52. The lowest BCUT2D eigenvalue weighted by Gasteiger charge is -2.33. The maximum atomic E-state index is 13.2. The first-order valence-electron chi connectivity index (χ1n) is 9.83. The van der Waals surface area contributed by atoms with E-state index in [1.54, 1.807) is 24.2 Å². The lowest BCUT2D eigenvalue weighted by atomic mass is 9.85. The van der Waals surface area contributed by atoms with Gasteiger partial charge in [-0.1, -0.05) is 18.6 Å². The molecule has 1 aromatic carbocycles. The van der Waals surface area contributed by atoms with Crippen LogP contribution in [0, 0.1) is 5.92 Å². The van der Waals surface area contributed by atoms with Gasteiger partial charge in [-0.15, -0.1) is 0 Å². The number of hydrogen-bond donors (Lipinski definition) is 0. The minimum Gasteiger partial charge on any atom is -0.494 e. The van der Waals surface area contributed by atoms with Gasteiger partial charge in [-0.3, -0.25) is 4.79 Å². The molecule has 2 aliphatic rings. The molecule has 1 aromatic heterocycles. The molecule has 0 unspecified atom stereocenters. The summed E-state index contributed by atoms with van der Waals surface area (Å²) in [5, 5.41) is 4.40. The van der Waals surface area contributed by atoms with Crippen molar-refractivity contribution in [2.45, 2.75) is 38.2 Å². The van der Waals surface area contributed by atoms with Gasteiger partial charge in [0, 0.05) is 25.9 Å². The first-order chi connectivity index (χ1) is 13.2. The molecule has 1 aliphatic carbocycles. The Labute approximate surface area is 160 Å². The largest absolute Gasteiger partial charge is 0.494 e. The zero-order valence-electron chi connectivity index (χ0n) is 15.8. The molecule has 0 spiro atoms. The molecule has 1 aliphatic heterocycles. The van der Waals surface area contributed by atoms with E-state index < -0.39 is 0 Å². The highest BCUT2D eigenvalue weighted by atomic mass is 16.5. The van der Waals surface area contributed by atoms with E-state index in [2.05, 4.69) is 5.10 Å². The van der Waals surface area contributed by atoms with Crippen molar-refractivity contribution >= 4 is 5.91 Å². The van der Waals surface area contributed by atoms with Crippen LogP contribution in [0.2, 0.25) is 0 Å². The second-order valence-corrected chi connectivity index (χ2v) is 7.49. The second-order valence-electron chi connectivity index (χ2n) is 7.49. The molecule has 144 valence electrons. The fourth-order valence-electron chi connectivity index (χ4n) is 3.83. The van der Waals surface area contributed by atoms with Crippen LogP contribution >= 0.6 is 0 Å². The number of nitrogens with zero attached hydrogens (tertiary/aromatic N) is 3.